The van der Waals surface area contributed by atoms with Gasteiger partial charge in [0.05, 0.1) is 6.61 Å². The Morgan fingerprint density at radius 2 is 1.64 bits per heavy atom. The van der Waals surface area contributed by atoms with Gasteiger partial charge in [0.1, 0.15) is 18.6 Å². The zero-order valence-electron chi connectivity index (χ0n) is 13.9. The average molecular weight is 306 g/mol. The summed E-state index contributed by atoms with van der Waals surface area (Å²) in [6.45, 7) is 4.19. The van der Waals surface area contributed by atoms with E-state index in [2.05, 4.69) is 6.92 Å². The Bertz CT molecular complexity index is 390. The number of ether oxygens (including phenoxy) is 2. The Balaban J connectivity index is 1.88. The maximum Gasteiger partial charge on any atom is 0.150 e. The first-order valence-electron chi connectivity index (χ1n) is 8.62. The second-order valence-corrected chi connectivity index (χ2v) is 5.63. The minimum Gasteiger partial charge on any atom is -0.491 e. The van der Waals surface area contributed by atoms with Crippen molar-refractivity contribution in [3.63, 3.8) is 0 Å². The fourth-order valence-corrected chi connectivity index (χ4v) is 2.34. The summed E-state index contributed by atoms with van der Waals surface area (Å²) in [5.74, 6) is 0.722. The highest BCUT2D eigenvalue weighted by molar-refractivity contribution is 5.75. The lowest BCUT2D eigenvalue weighted by Crippen LogP contribution is -2.07. The second-order valence-electron chi connectivity index (χ2n) is 5.63. The number of carbonyl (C=O) groups is 1. The van der Waals surface area contributed by atoms with Crippen molar-refractivity contribution in [3.05, 3.63) is 29.8 Å². The highest BCUT2D eigenvalue weighted by atomic mass is 16.5. The summed E-state index contributed by atoms with van der Waals surface area (Å²) < 4.78 is 11.1. The fraction of sp³-hybridized carbons (Fsp3) is 0.632. The van der Waals surface area contributed by atoms with E-state index in [4.69, 9.17) is 9.47 Å². The van der Waals surface area contributed by atoms with Crippen LogP contribution in [-0.4, -0.2) is 26.1 Å². The zero-order valence-corrected chi connectivity index (χ0v) is 13.9. The van der Waals surface area contributed by atoms with Crippen LogP contribution in [0.3, 0.4) is 0 Å². The number of aldehydes is 1. The summed E-state index contributed by atoms with van der Waals surface area (Å²) in [7, 11) is 0. The minimum absolute atomic E-state index is 0.527. The molecular weight excluding hydrogens is 276 g/mol. The van der Waals surface area contributed by atoms with E-state index in [-0.39, 0.29) is 0 Å². The Morgan fingerprint density at radius 1 is 0.909 bits per heavy atom. The van der Waals surface area contributed by atoms with Crippen LogP contribution < -0.4 is 4.74 Å². The molecule has 0 aliphatic rings. The molecule has 0 aliphatic heterocycles. The van der Waals surface area contributed by atoms with E-state index in [1.807, 2.05) is 12.1 Å². The molecule has 0 amide bonds. The van der Waals surface area contributed by atoms with Crippen molar-refractivity contribution in [2.45, 2.75) is 58.3 Å². The molecule has 0 saturated heterocycles. The van der Waals surface area contributed by atoms with Gasteiger partial charge in [-0.2, -0.15) is 0 Å². The summed E-state index contributed by atoms with van der Waals surface area (Å²) >= 11 is 0. The van der Waals surface area contributed by atoms with Gasteiger partial charge in [-0.25, -0.2) is 0 Å². The number of benzene rings is 1. The highest BCUT2D eigenvalue weighted by Crippen LogP contribution is 2.12. The molecule has 0 spiro atoms. The van der Waals surface area contributed by atoms with Crippen LogP contribution in [0.15, 0.2) is 24.3 Å². The normalized spacial score (nSPS) is 10.6. The first-order valence-corrected chi connectivity index (χ1v) is 8.62. The fourth-order valence-electron chi connectivity index (χ4n) is 2.34. The predicted octanol–water partition coefficient (Wildman–Crippen LogP) is 5.04. The van der Waals surface area contributed by atoms with Crippen molar-refractivity contribution in [3.8, 4) is 5.75 Å². The van der Waals surface area contributed by atoms with Crippen molar-refractivity contribution < 1.29 is 14.3 Å². The van der Waals surface area contributed by atoms with Gasteiger partial charge in [-0.15, -0.1) is 0 Å². The van der Waals surface area contributed by atoms with E-state index >= 15 is 0 Å². The quantitative estimate of drug-likeness (QED) is 0.357. The highest BCUT2D eigenvalue weighted by Gasteiger charge is 1.96. The topological polar surface area (TPSA) is 35.5 Å². The third-order valence-corrected chi connectivity index (χ3v) is 3.63. The SMILES string of the molecule is CCCCCCCCCCOCCOc1cccc(C=O)c1. The minimum atomic E-state index is 0.527. The molecule has 124 valence electrons. The third-order valence-electron chi connectivity index (χ3n) is 3.63. The Labute approximate surface area is 135 Å². The van der Waals surface area contributed by atoms with Crippen LogP contribution >= 0.6 is 0 Å². The van der Waals surface area contributed by atoms with E-state index < -0.39 is 0 Å². The van der Waals surface area contributed by atoms with E-state index in [9.17, 15) is 4.79 Å². The molecule has 3 nitrogen and oxygen atoms in total. The Morgan fingerprint density at radius 3 is 2.36 bits per heavy atom. The standard InChI is InChI=1S/C19H30O3/c1-2-3-4-5-6-7-8-9-13-21-14-15-22-19-12-10-11-18(16-19)17-20/h10-12,16-17H,2-9,13-15H2,1H3. The molecule has 1 rings (SSSR count). The van der Waals surface area contributed by atoms with Gasteiger partial charge in [-0.3, -0.25) is 4.79 Å². The molecule has 0 saturated carbocycles. The van der Waals surface area contributed by atoms with Gasteiger partial charge >= 0.3 is 0 Å². The largest absolute Gasteiger partial charge is 0.491 e. The van der Waals surface area contributed by atoms with Crippen molar-refractivity contribution in [1.29, 1.82) is 0 Å². The second kappa shape index (κ2) is 13.3. The molecule has 0 fully saturated rings. The number of hydrogen-bond donors (Lipinski definition) is 0. The van der Waals surface area contributed by atoms with Gasteiger partial charge in [0.2, 0.25) is 0 Å². The van der Waals surface area contributed by atoms with Crippen LogP contribution in [0.2, 0.25) is 0 Å². The first-order chi connectivity index (χ1) is 10.9. The number of rotatable bonds is 14. The predicted molar refractivity (Wildman–Crippen MR) is 90.8 cm³/mol. The van der Waals surface area contributed by atoms with Gasteiger partial charge in [0.25, 0.3) is 0 Å². The molecule has 0 bridgehead atoms. The lowest BCUT2D eigenvalue weighted by atomic mass is 10.1. The summed E-state index contributed by atoms with van der Waals surface area (Å²) in [4.78, 5) is 10.7. The van der Waals surface area contributed by atoms with Crippen molar-refractivity contribution in [1.82, 2.24) is 0 Å². The van der Waals surface area contributed by atoms with Crippen LogP contribution in [0.5, 0.6) is 5.75 Å². The molecule has 0 radical (unpaired) electrons. The van der Waals surface area contributed by atoms with Gasteiger partial charge in [0, 0.05) is 12.2 Å². The summed E-state index contributed by atoms with van der Waals surface area (Å²) in [5.41, 5.74) is 0.636. The molecule has 0 N–H and O–H groups in total. The zero-order chi connectivity index (χ0) is 15.9. The van der Waals surface area contributed by atoms with Crippen molar-refractivity contribution >= 4 is 6.29 Å². The molecule has 0 aliphatic carbocycles. The maximum atomic E-state index is 10.7. The molecule has 0 aromatic heterocycles. The third kappa shape index (κ3) is 9.56. The maximum absolute atomic E-state index is 10.7. The molecule has 0 unspecified atom stereocenters. The van der Waals surface area contributed by atoms with Gasteiger partial charge in [-0.05, 0) is 18.6 Å². The smallest absolute Gasteiger partial charge is 0.150 e. The summed E-state index contributed by atoms with van der Waals surface area (Å²) in [6.07, 6.45) is 11.3. The molecule has 0 heterocycles. The Kier molecular flexibility index (Phi) is 11.3. The number of unbranched alkanes of at least 4 members (excludes halogenated alkanes) is 7. The number of carbonyl (C=O) groups excluding carboxylic acids is 1. The van der Waals surface area contributed by atoms with Crippen LogP contribution in [0, 0.1) is 0 Å². The molecule has 3 heteroatoms. The van der Waals surface area contributed by atoms with E-state index in [1.165, 1.54) is 44.9 Å². The van der Waals surface area contributed by atoms with E-state index in [0.717, 1.165) is 25.1 Å². The Hall–Kier alpha value is -1.35. The average Bonchev–Trinajstić information content (AvgIpc) is 2.56. The monoisotopic (exact) mass is 306 g/mol. The van der Waals surface area contributed by atoms with Gasteiger partial charge < -0.3 is 9.47 Å². The molecule has 0 atom stereocenters. The molecule has 1 aromatic carbocycles. The summed E-state index contributed by atoms with van der Waals surface area (Å²) in [5, 5.41) is 0. The summed E-state index contributed by atoms with van der Waals surface area (Å²) in [6, 6.07) is 7.18. The molecule has 22 heavy (non-hydrogen) atoms. The van der Waals surface area contributed by atoms with Crippen LogP contribution in [0.25, 0.3) is 0 Å². The van der Waals surface area contributed by atoms with Gasteiger partial charge in [-0.1, -0.05) is 64.0 Å². The van der Waals surface area contributed by atoms with Crippen LogP contribution in [0.4, 0.5) is 0 Å². The number of hydrogen-bond acceptors (Lipinski definition) is 3. The lowest BCUT2D eigenvalue weighted by Gasteiger charge is -2.07. The van der Waals surface area contributed by atoms with E-state index in [0.29, 0.717) is 18.8 Å². The van der Waals surface area contributed by atoms with Crippen LogP contribution in [-0.2, 0) is 4.74 Å². The van der Waals surface area contributed by atoms with Crippen molar-refractivity contribution in [2.75, 3.05) is 19.8 Å². The first kappa shape index (κ1) is 18.7. The molecule has 1 aromatic rings. The van der Waals surface area contributed by atoms with E-state index in [1.54, 1.807) is 12.1 Å². The molecular formula is C19H30O3. The van der Waals surface area contributed by atoms with Crippen LogP contribution in [0.1, 0.15) is 68.6 Å². The van der Waals surface area contributed by atoms with Crippen molar-refractivity contribution in [2.24, 2.45) is 0 Å². The lowest BCUT2D eigenvalue weighted by molar-refractivity contribution is 0.0970. The van der Waals surface area contributed by atoms with Gasteiger partial charge in [0.15, 0.2) is 0 Å².